The third kappa shape index (κ3) is 7.38. The van der Waals surface area contributed by atoms with Crippen molar-refractivity contribution in [2.45, 2.75) is 39.7 Å². The van der Waals surface area contributed by atoms with Crippen LogP contribution in [0.25, 0.3) is 0 Å². The molecule has 148 valence electrons. The molecule has 0 amide bonds. The highest BCUT2D eigenvalue weighted by molar-refractivity contribution is 14.0. The molecule has 0 aliphatic heterocycles. The van der Waals surface area contributed by atoms with Crippen molar-refractivity contribution in [2.24, 2.45) is 10.7 Å². The second-order valence-electron chi connectivity index (χ2n) is 6.29. The molecule has 2 rings (SSSR count). The van der Waals surface area contributed by atoms with E-state index in [1.54, 1.807) is 0 Å². The molecule has 1 atom stereocenters. The maximum Gasteiger partial charge on any atom is 0.193 e. The molecule has 2 aromatic carbocycles. The number of aryl methyl sites for hydroxylation is 3. The smallest absolute Gasteiger partial charge is 0.193 e. The predicted molar refractivity (Wildman–Crippen MR) is 123 cm³/mol. The number of ether oxygens (including phenoxy) is 1. The number of nitrogens with two attached hydrogens (primary N) is 1. The molecule has 5 nitrogen and oxygen atoms in total. The van der Waals surface area contributed by atoms with Gasteiger partial charge in [-0.2, -0.15) is 0 Å². The Morgan fingerprint density at radius 3 is 2.37 bits per heavy atom. The van der Waals surface area contributed by atoms with E-state index < -0.39 is 6.10 Å². The van der Waals surface area contributed by atoms with E-state index in [2.05, 4.69) is 42.4 Å². The minimum Gasteiger partial charge on any atom is -0.491 e. The monoisotopic (exact) mass is 483 g/mol. The van der Waals surface area contributed by atoms with Gasteiger partial charge < -0.3 is 20.9 Å². The number of aliphatic hydroxyl groups is 1. The van der Waals surface area contributed by atoms with Crippen molar-refractivity contribution in [3.05, 3.63) is 59.2 Å². The van der Waals surface area contributed by atoms with E-state index in [1.807, 2.05) is 31.2 Å². The first-order valence-corrected chi connectivity index (χ1v) is 9.08. The second kappa shape index (κ2) is 11.8. The zero-order chi connectivity index (χ0) is 18.9. The van der Waals surface area contributed by atoms with Gasteiger partial charge in [0.2, 0.25) is 0 Å². The van der Waals surface area contributed by atoms with Crippen LogP contribution in [0.4, 0.5) is 5.69 Å². The van der Waals surface area contributed by atoms with Crippen LogP contribution in [0.5, 0.6) is 5.75 Å². The molecule has 0 heterocycles. The van der Waals surface area contributed by atoms with Crippen LogP contribution in [-0.2, 0) is 12.8 Å². The molecule has 0 fully saturated rings. The van der Waals surface area contributed by atoms with Gasteiger partial charge in [0.05, 0.1) is 6.54 Å². The summed E-state index contributed by atoms with van der Waals surface area (Å²) in [6, 6.07) is 13.9. The zero-order valence-electron chi connectivity index (χ0n) is 16.2. The Hall–Kier alpha value is -1.80. The summed E-state index contributed by atoms with van der Waals surface area (Å²) in [5.74, 6) is 1.04. The summed E-state index contributed by atoms with van der Waals surface area (Å²) in [7, 11) is 0. The van der Waals surface area contributed by atoms with Crippen LogP contribution >= 0.6 is 24.0 Å². The van der Waals surface area contributed by atoms with E-state index in [0.29, 0.717) is 5.96 Å². The highest BCUT2D eigenvalue weighted by Gasteiger charge is 2.09. The van der Waals surface area contributed by atoms with E-state index in [-0.39, 0.29) is 37.1 Å². The van der Waals surface area contributed by atoms with Crippen molar-refractivity contribution in [1.29, 1.82) is 0 Å². The molecule has 1 unspecified atom stereocenters. The summed E-state index contributed by atoms with van der Waals surface area (Å²) in [4.78, 5) is 4.25. The van der Waals surface area contributed by atoms with E-state index in [4.69, 9.17) is 10.5 Å². The number of rotatable bonds is 8. The van der Waals surface area contributed by atoms with E-state index in [1.165, 1.54) is 11.1 Å². The first-order chi connectivity index (χ1) is 12.5. The fourth-order valence-electron chi connectivity index (χ4n) is 2.72. The van der Waals surface area contributed by atoms with Gasteiger partial charge in [0.1, 0.15) is 18.5 Å². The van der Waals surface area contributed by atoms with Crippen LogP contribution in [0, 0.1) is 6.92 Å². The van der Waals surface area contributed by atoms with Crippen molar-refractivity contribution in [3.8, 4) is 5.75 Å². The van der Waals surface area contributed by atoms with Crippen LogP contribution in [0.15, 0.2) is 47.5 Å². The van der Waals surface area contributed by atoms with Gasteiger partial charge in [-0.1, -0.05) is 44.2 Å². The largest absolute Gasteiger partial charge is 0.491 e. The summed E-state index contributed by atoms with van der Waals surface area (Å²) in [6.07, 6.45) is 1.11. The number of aliphatic hydroxyl groups excluding tert-OH is 1. The van der Waals surface area contributed by atoms with Gasteiger partial charge in [-0.3, -0.25) is 4.99 Å². The number of anilines is 1. The number of guanidine groups is 1. The summed E-state index contributed by atoms with van der Waals surface area (Å²) in [6.45, 7) is 6.57. The lowest BCUT2D eigenvalue weighted by Gasteiger charge is -2.15. The van der Waals surface area contributed by atoms with E-state index in [0.717, 1.165) is 29.8 Å². The maximum absolute atomic E-state index is 10.1. The van der Waals surface area contributed by atoms with Crippen LogP contribution < -0.4 is 15.8 Å². The number of nitrogens with one attached hydrogen (secondary N) is 1. The van der Waals surface area contributed by atoms with Crippen molar-refractivity contribution in [3.63, 3.8) is 0 Å². The Kier molecular flexibility index (Phi) is 10.2. The van der Waals surface area contributed by atoms with Crippen molar-refractivity contribution in [2.75, 3.05) is 18.5 Å². The topological polar surface area (TPSA) is 79.9 Å². The van der Waals surface area contributed by atoms with Crippen LogP contribution in [-0.4, -0.2) is 30.3 Å². The van der Waals surface area contributed by atoms with Crippen LogP contribution in [0.3, 0.4) is 0 Å². The lowest BCUT2D eigenvalue weighted by Crippen LogP contribution is -2.28. The molecule has 0 saturated heterocycles. The molecule has 0 radical (unpaired) electrons. The minimum atomic E-state index is -0.720. The third-order valence-electron chi connectivity index (χ3n) is 4.16. The molecular weight excluding hydrogens is 453 g/mol. The van der Waals surface area contributed by atoms with Gasteiger partial charge in [0.25, 0.3) is 0 Å². The first-order valence-electron chi connectivity index (χ1n) is 9.08. The molecule has 0 spiro atoms. The Morgan fingerprint density at radius 2 is 1.78 bits per heavy atom. The second-order valence-corrected chi connectivity index (χ2v) is 6.29. The van der Waals surface area contributed by atoms with Gasteiger partial charge >= 0.3 is 0 Å². The van der Waals surface area contributed by atoms with Gasteiger partial charge in [-0.05, 0) is 48.6 Å². The molecule has 0 aliphatic rings. The highest BCUT2D eigenvalue weighted by Crippen LogP contribution is 2.22. The average molecular weight is 483 g/mol. The fraction of sp³-hybridized carbons (Fsp3) is 0.381. The molecule has 0 aromatic heterocycles. The van der Waals surface area contributed by atoms with Crippen LogP contribution in [0.2, 0.25) is 0 Å². The van der Waals surface area contributed by atoms with Gasteiger partial charge in [0, 0.05) is 5.69 Å². The quantitative estimate of drug-likeness (QED) is 0.302. The molecule has 4 N–H and O–H groups in total. The Labute approximate surface area is 179 Å². The van der Waals surface area contributed by atoms with E-state index >= 15 is 0 Å². The predicted octanol–water partition coefficient (Wildman–Crippen LogP) is 3.90. The molecule has 6 heteroatoms. The number of nitrogens with zero attached hydrogens (tertiary/aromatic N) is 1. The Morgan fingerprint density at radius 1 is 1.15 bits per heavy atom. The normalized spacial score (nSPS) is 12.2. The van der Waals surface area contributed by atoms with E-state index in [9.17, 15) is 5.11 Å². The fourth-order valence-corrected chi connectivity index (χ4v) is 2.72. The van der Waals surface area contributed by atoms with Gasteiger partial charge in [-0.25, -0.2) is 0 Å². The number of hydrogen-bond acceptors (Lipinski definition) is 3. The summed E-state index contributed by atoms with van der Waals surface area (Å²) in [5.41, 5.74) is 10.5. The highest BCUT2D eigenvalue weighted by atomic mass is 127. The SMILES string of the molecule is CCc1cccc(CC)c1NC(N)=NCC(O)COc1cccc(C)c1.I. The average Bonchev–Trinajstić information content (AvgIpc) is 2.65. The summed E-state index contributed by atoms with van der Waals surface area (Å²) >= 11 is 0. The summed E-state index contributed by atoms with van der Waals surface area (Å²) in [5, 5.41) is 13.3. The maximum atomic E-state index is 10.1. The third-order valence-corrected chi connectivity index (χ3v) is 4.16. The van der Waals surface area contributed by atoms with Crippen molar-refractivity contribution in [1.82, 2.24) is 0 Å². The number of benzene rings is 2. The Bertz CT molecular complexity index is 728. The Balaban J connectivity index is 0.00000364. The van der Waals surface area contributed by atoms with Gasteiger partial charge in [0.15, 0.2) is 5.96 Å². The summed E-state index contributed by atoms with van der Waals surface area (Å²) < 4.78 is 5.59. The molecular formula is C21H30IN3O2. The number of aliphatic imine (C=N–C) groups is 1. The molecule has 0 bridgehead atoms. The molecule has 27 heavy (non-hydrogen) atoms. The molecule has 2 aromatic rings. The number of para-hydroxylation sites is 1. The van der Waals surface area contributed by atoms with Crippen molar-refractivity contribution >= 4 is 35.6 Å². The van der Waals surface area contributed by atoms with Crippen molar-refractivity contribution < 1.29 is 9.84 Å². The zero-order valence-corrected chi connectivity index (χ0v) is 18.6. The van der Waals surface area contributed by atoms with Gasteiger partial charge in [-0.15, -0.1) is 24.0 Å². The lowest BCUT2D eigenvalue weighted by atomic mass is 10.0. The standard InChI is InChI=1S/C21H29N3O2.HI/c1-4-16-9-7-10-17(5-2)20(16)24-21(22)23-13-18(25)14-26-19-11-6-8-15(3)12-19;/h6-12,18,25H,4-5,13-14H2,1-3H3,(H3,22,23,24);1H. The van der Waals surface area contributed by atoms with Crippen LogP contribution in [0.1, 0.15) is 30.5 Å². The lowest BCUT2D eigenvalue weighted by molar-refractivity contribution is 0.114. The molecule has 0 saturated carbocycles. The first kappa shape index (κ1) is 23.2. The number of halogens is 1. The number of hydrogen-bond donors (Lipinski definition) is 3. The molecule has 0 aliphatic carbocycles. The minimum absolute atomic E-state index is 0.